The minimum Gasteiger partial charge on any atom is -0.331 e. The molecule has 0 radical (unpaired) electrons. The fourth-order valence-electron chi connectivity index (χ4n) is 2.84. The number of unbranched alkanes of at least 4 members (excludes halogenated alkanes) is 5. The maximum atomic E-state index is 6.90. The number of methoxy groups -OCH3 is 3. The highest BCUT2D eigenvalue weighted by molar-refractivity contribution is 4.73. The Morgan fingerprint density at radius 3 is 1.90 bits per heavy atom. The van der Waals surface area contributed by atoms with E-state index in [0.29, 0.717) is 6.54 Å². The number of hydrogen-bond donors (Lipinski definition) is 0. The molecule has 0 aliphatic rings. The molecule has 21 heavy (non-hydrogen) atoms. The third-order valence-corrected chi connectivity index (χ3v) is 4.08. The van der Waals surface area contributed by atoms with Gasteiger partial charge in [-0.25, -0.2) is 6.57 Å². The van der Waals surface area contributed by atoms with Gasteiger partial charge in [0.25, 0.3) is 5.97 Å². The first-order valence-electron chi connectivity index (χ1n) is 8.19. The molecular weight excluding hydrogens is 266 g/mol. The number of hydrogen-bond acceptors (Lipinski definition) is 3. The highest BCUT2D eigenvalue weighted by Crippen LogP contribution is 2.32. The standard InChI is InChI=1S/C17H33NO3/c1-6-7-8-9-10-11-13-16(14-12-15-18-2)17(19-3,20-4)21-5/h16H,6-15H2,1,3-5H3. The lowest BCUT2D eigenvalue weighted by Gasteiger charge is -2.36. The molecule has 0 aliphatic heterocycles. The summed E-state index contributed by atoms with van der Waals surface area (Å²) >= 11 is 0. The van der Waals surface area contributed by atoms with Crippen LogP contribution in [0.15, 0.2) is 0 Å². The first-order valence-corrected chi connectivity index (χ1v) is 8.19. The fraction of sp³-hybridized carbons (Fsp3) is 0.941. The summed E-state index contributed by atoms with van der Waals surface area (Å²) in [5.74, 6) is -0.795. The molecule has 0 aromatic carbocycles. The second-order valence-corrected chi connectivity index (χ2v) is 5.49. The van der Waals surface area contributed by atoms with E-state index in [2.05, 4.69) is 11.8 Å². The summed E-state index contributed by atoms with van der Waals surface area (Å²) in [6, 6.07) is 0. The molecule has 124 valence electrons. The molecule has 0 amide bonds. The summed E-state index contributed by atoms with van der Waals surface area (Å²) in [6.07, 6.45) is 10.4. The minimum atomic E-state index is -0.967. The summed E-state index contributed by atoms with van der Waals surface area (Å²) in [7, 11) is 4.86. The first kappa shape index (κ1) is 20.4. The van der Waals surface area contributed by atoms with Gasteiger partial charge in [-0.05, 0) is 12.8 Å². The monoisotopic (exact) mass is 299 g/mol. The van der Waals surface area contributed by atoms with Gasteiger partial charge in [0, 0.05) is 33.7 Å². The van der Waals surface area contributed by atoms with E-state index in [1.165, 1.54) is 32.1 Å². The van der Waals surface area contributed by atoms with Crippen molar-refractivity contribution in [3.05, 3.63) is 11.4 Å². The zero-order valence-electron chi connectivity index (χ0n) is 14.3. The largest absolute Gasteiger partial charge is 0.331 e. The second-order valence-electron chi connectivity index (χ2n) is 5.49. The van der Waals surface area contributed by atoms with Crippen LogP contribution in [0.25, 0.3) is 4.85 Å². The van der Waals surface area contributed by atoms with Crippen molar-refractivity contribution >= 4 is 0 Å². The van der Waals surface area contributed by atoms with E-state index >= 15 is 0 Å². The van der Waals surface area contributed by atoms with E-state index in [1.54, 1.807) is 21.3 Å². The van der Waals surface area contributed by atoms with Crippen molar-refractivity contribution in [2.45, 2.75) is 70.7 Å². The molecule has 0 aromatic rings. The third kappa shape index (κ3) is 7.80. The molecule has 1 atom stereocenters. The zero-order valence-corrected chi connectivity index (χ0v) is 14.3. The topological polar surface area (TPSA) is 32.0 Å². The molecule has 0 rings (SSSR count). The van der Waals surface area contributed by atoms with Crippen LogP contribution >= 0.6 is 0 Å². The first-order chi connectivity index (χ1) is 10.2. The fourth-order valence-corrected chi connectivity index (χ4v) is 2.84. The van der Waals surface area contributed by atoms with Crippen LogP contribution in [0.3, 0.4) is 0 Å². The Bertz CT molecular complexity index is 263. The Morgan fingerprint density at radius 1 is 0.857 bits per heavy atom. The molecule has 1 unspecified atom stereocenters. The normalized spacial score (nSPS) is 13.1. The summed E-state index contributed by atoms with van der Waals surface area (Å²) in [6.45, 7) is 9.69. The third-order valence-electron chi connectivity index (χ3n) is 4.08. The average molecular weight is 299 g/mol. The van der Waals surface area contributed by atoms with Gasteiger partial charge in [-0.3, -0.25) is 0 Å². The van der Waals surface area contributed by atoms with Crippen molar-refractivity contribution in [3.63, 3.8) is 0 Å². The minimum absolute atomic E-state index is 0.172. The van der Waals surface area contributed by atoms with E-state index in [1.807, 2.05) is 0 Å². The van der Waals surface area contributed by atoms with Gasteiger partial charge in [0.2, 0.25) is 6.54 Å². The Balaban J connectivity index is 4.34. The van der Waals surface area contributed by atoms with Gasteiger partial charge in [-0.1, -0.05) is 45.4 Å². The van der Waals surface area contributed by atoms with Gasteiger partial charge < -0.3 is 19.1 Å². The van der Waals surface area contributed by atoms with Crippen molar-refractivity contribution < 1.29 is 14.2 Å². The van der Waals surface area contributed by atoms with E-state index in [-0.39, 0.29) is 5.92 Å². The number of rotatable bonds is 14. The predicted octanol–water partition coefficient (Wildman–Crippen LogP) is 4.65. The van der Waals surface area contributed by atoms with Crippen molar-refractivity contribution in [1.29, 1.82) is 0 Å². The quantitative estimate of drug-likeness (QED) is 0.266. The molecule has 0 fully saturated rings. The zero-order chi connectivity index (χ0) is 16.0. The molecule has 0 saturated heterocycles. The van der Waals surface area contributed by atoms with Gasteiger partial charge >= 0.3 is 0 Å². The van der Waals surface area contributed by atoms with Gasteiger partial charge in [-0.15, -0.1) is 0 Å². The molecule has 0 aliphatic carbocycles. The number of nitrogens with zero attached hydrogens (tertiary/aromatic N) is 1. The van der Waals surface area contributed by atoms with Crippen LogP contribution in [0.2, 0.25) is 0 Å². The van der Waals surface area contributed by atoms with Gasteiger partial charge in [0.05, 0.1) is 0 Å². The highest BCUT2D eigenvalue weighted by Gasteiger charge is 2.39. The summed E-state index contributed by atoms with van der Waals surface area (Å²) in [4.78, 5) is 3.42. The van der Waals surface area contributed by atoms with Gasteiger partial charge in [0.15, 0.2) is 0 Å². The smallest absolute Gasteiger partial charge is 0.285 e. The molecule has 4 heteroatoms. The van der Waals surface area contributed by atoms with Crippen molar-refractivity contribution in [1.82, 2.24) is 0 Å². The maximum absolute atomic E-state index is 6.90. The second kappa shape index (κ2) is 13.1. The lowest BCUT2D eigenvalue weighted by molar-refractivity contribution is -0.380. The van der Waals surface area contributed by atoms with Crippen LogP contribution < -0.4 is 0 Å². The van der Waals surface area contributed by atoms with Crippen molar-refractivity contribution in [2.75, 3.05) is 27.9 Å². The molecule has 0 saturated carbocycles. The van der Waals surface area contributed by atoms with Crippen LogP contribution in [0.1, 0.15) is 64.7 Å². The average Bonchev–Trinajstić information content (AvgIpc) is 2.52. The van der Waals surface area contributed by atoms with Crippen LogP contribution in [0.4, 0.5) is 0 Å². The molecule has 4 nitrogen and oxygen atoms in total. The van der Waals surface area contributed by atoms with Crippen molar-refractivity contribution in [3.8, 4) is 0 Å². The molecule has 0 aromatic heterocycles. The van der Waals surface area contributed by atoms with Gasteiger partial charge in [-0.2, -0.15) is 0 Å². The molecule has 0 N–H and O–H groups in total. The summed E-state index contributed by atoms with van der Waals surface area (Å²) in [5.41, 5.74) is 0. The van der Waals surface area contributed by atoms with Crippen LogP contribution in [0, 0.1) is 12.5 Å². The van der Waals surface area contributed by atoms with Crippen molar-refractivity contribution in [2.24, 2.45) is 5.92 Å². The molecule has 0 bridgehead atoms. The number of ether oxygens (including phenoxy) is 3. The lowest BCUT2D eigenvalue weighted by atomic mass is 9.93. The van der Waals surface area contributed by atoms with Crippen LogP contribution in [-0.4, -0.2) is 33.8 Å². The molecular formula is C17H33NO3. The predicted molar refractivity (Wildman–Crippen MR) is 85.9 cm³/mol. The Morgan fingerprint density at radius 2 is 1.38 bits per heavy atom. The van der Waals surface area contributed by atoms with E-state index in [9.17, 15) is 0 Å². The van der Waals surface area contributed by atoms with E-state index in [0.717, 1.165) is 25.7 Å². The van der Waals surface area contributed by atoms with Crippen LogP contribution in [0.5, 0.6) is 0 Å². The van der Waals surface area contributed by atoms with E-state index in [4.69, 9.17) is 20.8 Å². The summed E-state index contributed by atoms with van der Waals surface area (Å²) in [5, 5.41) is 0. The molecule has 0 spiro atoms. The Labute approximate surface area is 131 Å². The van der Waals surface area contributed by atoms with E-state index < -0.39 is 5.97 Å². The Hall–Kier alpha value is -0.630. The summed E-state index contributed by atoms with van der Waals surface area (Å²) < 4.78 is 16.5. The SMILES string of the molecule is [C-]#[N+]CCCC(CCCCCCCC)C(OC)(OC)OC. The maximum Gasteiger partial charge on any atom is 0.285 e. The molecule has 0 heterocycles. The van der Waals surface area contributed by atoms with Gasteiger partial charge in [0.1, 0.15) is 0 Å². The Kier molecular flexibility index (Phi) is 12.7. The van der Waals surface area contributed by atoms with Crippen LogP contribution in [-0.2, 0) is 14.2 Å². The highest BCUT2D eigenvalue weighted by atomic mass is 16.9. The lowest BCUT2D eigenvalue weighted by Crippen LogP contribution is -2.44.